The molecule has 2 aromatic rings. The van der Waals surface area contributed by atoms with E-state index in [0.717, 1.165) is 29.4 Å². The van der Waals surface area contributed by atoms with Gasteiger partial charge in [0.05, 0.1) is 5.02 Å². The van der Waals surface area contributed by atoms with E-state index in [2.05, 4.69) is 39.4 Å². The summed E-state index contributed by atoms with van der Waals surface area (Å²) in [6, 6.07) is 11.6. The summed E-state index contributed by atoms with van der Waals surface area (Å²) in [5.41, 5.74) is 3.56. The molecule has 0 fully saturated rings. The Morgan fingerprint density at radius 1 is 1.15 bits per heavy atom. The Morgan fingerprint density at radius 2 is 2.00 bits per heavy atom. The monoisotopic (exact) mass is 353 g/mol. The van der Waals surface area contributed by atoms with Crippen LogP contribution in [-0.4, -0.2) is 6.04 Å². The van der Waals surface area contributed by atoms with Crippen molar-refractivity contribution < 1.29 is 4.39 Å². The lowest BCUT2D eigenvalue weighted by Gasteiger charge is -2.26. The Bertz CT molecular complexity index is 644. The van der Waals surface area contributed by atoms with Crippen molar-refractivity contribution in [3.05, 3.63) is 62.8 Å². The normalized spacial score (nSPS) is 17.6. The zero-order valence-corrected chi connectivity index (χ0v) is 13.1. The SMILES string of the molecule is Fc1cc(NC2CCc3cc(Br)ccc3C2)ccc1Cl. The van der Waals surface area contributed by atoms with Crippen LogP contribution in [0.15, 0.2) is 40.9 Å². The maximum atomic E-state index is 13.4. The number of hydrogen-bond donors (Lipinski definition) is 1. The van der Waals surface area contributed by atoms with Gasteiger partial charge < -0.3 is 5.32 Å². The number of rotatable bonds is 2. The van der Waals surface area contributed by atoms with Crippen molar-refractivity contribution in [1.29, 1.82) is 0 Å². The van der Waals surface area contributed by atoms with E-state index in [0.29, 0.717) is 6.04 Å². The second-order valence-corrected chi connectivity index (χ2v) is 6.45. The zero-order chi connectivity index (χ0) is 14.1. The van der Waals surface area contributed by atoms with Crippen LogP contribution in [0.25, 0.3) is 0 Å². The molecule has 0 saturated heterocycles. The topological polar surface area (TPSA) is 12.0 Å². The van der Waals surface area contributed by atoms with E-state index in [1.165, 1.54) is 17.2 Å². The number of hydrogen-bond acceptors (Lipinski definition) is 1. The Morgan fingerprint density at radius 3 is 2.80 bits per heavy atom. The number of aryl methyl sites for hydroxylation is 1. The van der Waals surface area contributed by atoms with Crippen molar-refractivity contribution in [3.8, 4) is 0 Å². The van der Waals surface area contributed by atoms with Gasteiger partial charge in [-0.15, -0.1) is 0 Å². The minimum absolute atomic E-state index is 0.161. The van der Waals surface area contributed by atoms with Crippen LogP contribution in [0.1, 0.15) is 17.5 Å². The van der Waals surface area contributed by atoms with Crippen molar-refractivity contribution in [2.45, 2.75) is 25.3 Å². The molecule has 0 saturated carbocycles. The summed E-state index contributed by atoms with van der Waals surface area (Å²) in [6.07, 6.45) is 3.06. The molecule has 0 spiro atoms. The molecule has 0 heterocycles. The molecule has 1 aliphatic carbocycles. The van der Waals surface area contributed by atoms with Crippen LogP contribution in [0.3, 0.4) is 0 Å². The second kappa shape index (κ2) is 5.74. The van der Waals surface area contributed by atoms with Crippen LogP contribution in [0.2, 0.25) is 5.02 Å². The Hall–Kier alpha value is -1.06. The molecule has 1 N–H and O–H groups in total. The van der Waals surface area contributed by atoms with E-state index >= 15 is 0 Å². The molecule has 0 amide bonds. The van der Waals surface area contributed by atoms with Crippen molar-refractivity contribution in [1.82, 2.24) is 0 Å². The maximum absolute atomic E-state index is 13.4. The molecule has 1 unspecified atom stereocenters. The predicted molar refractivity (Wildman–Crippen MR) is 85.0 cm³/mol. The fraction of sp³-hybridized carbons (Fsp3) is 0.250. The molecular weight excluding hydrogens is 341 g/mol. The Kier molecular flexibility index (Phi) is 3.99. The third-order valence-electron chi connectivity index (χ3n) is 3.69. The van der Waals surface area contributed by atoms with Gasteiger partial charge in [-0.25, -0.2) is 4.39 Å². The van der Waals surface area contributed by atoms with Gasteiger partial charge in [0.15, 0.2) is 0 Å². The van der Waals surface area contributed by atoms with E-state index in [1.54, 1.807) is 6.07 Å². The quantitative estimate of drug-likeness (QED) is 0.780. The van der Waals surface area contributed by atoms with Crippen molar-refractivity contribution in [2.24, 2.45) is 0 Å². The van der Waals surface area contributed by atoms with Crippen LogP contribution in [0.4, 0.5) is 10.1 Å². The van der Waals surface area contributed by atoms with Crippen LogP contribution in [0, 0.1) is 5.82 Å². The predicted octanol–water partition coefficient (Wildman–Crippen LogP) is 5.21. The third kappa shape index (κ3) is 2.99. The van der Waals surface area contributed by atoms with Crippen molar-refractivity contribution >= 4 is 33.2 Å². The van der Waals surface area contributed by atoms with Gasteiger partial charge in [-0.05, 0) is 60.7 Å². The minimum atomic E-state index is -0.378. The average molecular weight is 355 g/mol. The van der Waals surface area contributed by atoms with Gasteiger partial charge in [-0.2, -0.15) is 0 Å². The number of anilines is 1. The van der Waals surface area contributed by atoms with Crippen LogP contribution < -0.4 is 5.32 Å². The largest absolute Gasteiger partial charge is 0.382 e. The van der Waals surface area contributed by atoms with Gasteiger partial charge in [0.2, 0.25) is 0 Å². The summed E-state index contributed by atoms with van der Waals surface area (Å²) in [5.74, 6) is -0.378. The molecule has 1 atom stereocenters. The second-order valence-electron chi connectivity index (χ2n) is 5.13. The van der Waals surface area contributed by atoms with Crippen LogP contribution >= 0.6 is 27.5 Å². The first-order chi connectivity index (χ1) is 9.61. The lowest BCUT2D eigenvalue weighted by atomic mass is 9.88. The van der Waals surface area contributed by atoms with Gasteiger partial charge >= 0.3 is 0 Å². The number of nitrogens with one attached hydrogen (secondary N) is 1. The summed E-state index contributed by atoms with van der Waals surface area (Å²) >= 11 is 9.20. The molecule has 2 aromatic carbocycles. The fourth-order valence-electron chi connectivity index (χ4n) is 2.67. The third-order valence-corrected chi connectivity index (χ3v) is 4.49. The molecule has 20 heavy (non-hydrogen) atoms. The number of fused-ring (bicyclic) bond motifs is 1. The summed E-state index contributed by atoms with van der Waals surface area (Å²) < 4.78 is 14.6. The Labute approximate surface area is 131 Å². The molecule has 0 radical (unpaired) electrons. The first kappa shape index (κ1) is 13.9. The zero-order valence-electron chi connectivity index (χ0n) is 10.8. The van der Waals surface area contributed by atoms with Gasteiger partial charge in [0.1, 0.15) is 5.82 Å². The first-order valence-electron chi connectivity index (χ1n) is 6.61. The van der Waals surface area contributed by atoms with E-state index in [9.17, 15) is 4.39 Å². The highest BCUT2D eigenvalue weighted by Crippen LogP contribution is 2.27. The molecule has 1 nitrogen and oxygen atoms in total. The standard InChI is InChI=1S/C16H14BrClFN/c17-12-3-1-11-8-13(4-2-10(11)7-12)20-14-5-6-15(18)16(19)9-14/h1,3,5-7,9,13,20H,2,4,8H2. The smallest absolute Gasteiger partial charge is 0.143 e. The summed E-state index contributed by atoms with van der Waals surface area (Å²) in [7, 11) is 0. The highest BCUT2D eigenvalue weighted by molar-refractivity contribution is 9.10. The maximum Gasteiger partial charge on any atom is 0.143 e. The molecule has 4 heteroatoms. The molecule has 0 aromatic heterocycles. The molecule has 104 valence electrons. The van der Waals surface area contributed by atoms with E-state index in [4.69, 9.17) is 11.6 Å². The molecule has 0 bridgehead atoms. The number of halogens is 3. The van der Waals surface area contributed by atoms with E-state index in [1.807, 2.05) is 6.07 Å². The summed E-state index contributed by atoms with van der Waals surface area (Å²) in [4.78, 5) is 0. The highest BCUT2D eigenvalue weighted by Gasteiger charge is 2.18. The van der Waals surface area contributed by atoms with Crippen LogP contribution in [0.5, 0.6) is 0 Å². The van der Waals surface area contributed by atoms with Gasteiger partial charge in [0, 0.05) is 16.2 Å². The minimum Gasteiger partial charge on any atom is -0.382 e. The molecule has 0 aliphatic heterocycles. The average Bonchev–Trinajstić information content (AvgIpc) is 2.43. The Balaban J connectivity index is 1.74. The lowest BCUT2D eigenvalue weighted by molar-refractivity contribution is 0.606. The number of benzene rings is 2. The fourth-order valence-corrected chi connectivity index (χ4v) is 3.19. The van der Waals surface area contributed by atoms with Gasteiger partial charge in [-0.3, -0.25) is 0 Å². The van der Waals surface area contributed by atoms with E-state index < -0.39 is 0 Å². The van der Waals surface area contributed by atoms with E-state index in [-0.39, 0.29) is 10.8 Å². The van der Waals surface area contributed by atoms with Gasteiger partial charge in [0.25, 0.3) is 0 Å². The van der Waals surface area contributed by atoms with Crippen molar-refractivity contribution in [2.75, 3.05) is 5.32 Å². The van der Waals surface area contributed by atoms with Crippen molar-refractivity contribution in [3.63, 3.8) is 0 Å². The molecule has 3 rings (SSSR count). The van der Waals surface area contributed by atoms with Crippen LogP contribution in [-0.2, 0) is 12.8 Å². The highest BCUT2D eigenvalue weighted by atomic mass is 79.9. The molecule has 1 aliphatic rings. The van der Waals surface area contributed by atoms with Gasteiger partial charge in [-0.1, -0.05) is 33.6 Å². The lowest BCUT2D eigenvalue weighted by Crippen LogP contribution is -2.27. The molecular formula is C16H14BrClFN. The summed E-state index contributed by atoms with van der Waals surface area (Å²) in [5, 5.41) is 3.56. The first-order valence-corrected chi connectivity index (χ1v) is 7.78. The summed E-state index contributed by atoms with van der Waals surface area (Å²) in [6.45, 7) is 0.